The number of aliphatic hydroxyl groups is 1. The van der Waals surface area contributed by atoms with E-state index < -0.39 is 5.60 Å². The first-order valence-electron chi connectivity index (χ1n) is 5.37. The van der Waals surface area contributed by atoms with E-state index in [0.717, 1.165) is 12.8 Å². The van der Waals surface area contributed by atoms with E-state index in [2.05, 4.69) is 9.97 Å². The first-order valence-corrected chi connectivity index (χ1v) is 5.37. The number of nitrogens with zero attached hydrogens (tertiary/aromatic N) is 2. The van der Waals surface area contributed by atoms with E-state index in [1.807, 2.05) is 0 Å². The van der Waals surface area contributed by atoms with E-state index in [1.165, 1.54) is 0 Å². The van der Waals surface area contributed by atoms with Crippen LogP contribution in [-0.2, 0) is 21.7 Å². The number of ether oxygens (including phenoxy) is 2. The van der Waals surface area contributed by atoms with Crippen molar-refractivity contribution in [1.29, 1.82) is 0 Å². The highest BCUT2D eigenvalue weighted by Crippen LogP contribution is 2.32. The third-order valence-electron chi connectivity index (χ3n) is 2.97. The van der Waals surface area contributed by atoms with Crippen molar-refractivity contribution in [3.8, 4) is 0 Å². The Bertz CT molecular complexity index is 351. The van der Waals surface area contributed by atoms with E-state index in [-0.39, 0.29) is 6.61 Å². The summed E-state index contributed by atoms with van der Waals surface area (Å²) in [6.45, 7) is 1.23. The molecule has 0 amide bonds. The van der Waals surface area contributed by atoms with Crippen molar-refractivity contribution in [3.63, 3.8) is 0 Å². The summed E-state index contributed by atoms with van der Waals surface area (Å²) in [6, 6.07) is 1.70. The highest BCUT2D eigenvalue weighted by molar-refractivity contribution is 5.09. The number of aromatic nitrogens is 2. The summed E-state index contributed by atoms with van der Waals surface area (Å²) < 4.78 is 10.9. The lowest BCUT2D eigenvalue weighted by Crippen LogP contribution is -2.37. The molecule has 1 saturated heterocycles. The molecule has 1 aromatic rings. The molecule has 1 aromatic heterocycles. The largest absolute Gasteiger partial charge is 0.390 e. The molecule has 0 spiro atoms. The first kappa shape index (κ1) is 11.4. The Kier molecular flexibility index (Phi) is 3.48. The Morgan fingerprint density at radius 1 is 1.50 bits per heavy atom. The zero-order chi connectivity index (χ0) is 11.4. The van der Waals surface area contributed by atoms with Gasteiger partial charge in [0.25, 0.3) is 0 Å². The van der Waals surface area contributed by atoms with Crippen molar-refractivity contribution < 1.29 is 14.6 Å². The van der Waals surface area contributed by atoms with Crippen molar-refractivity contribution in [1.82, 2.24) is 9.97 Å². The molecule has 1 aliphatic rings. The van der Waals surface area contributed by atoms with Gasteiger partial charge in [-0.2, -0.15) is 0 Å². The van der Waals surface area contributed by atoms with Crippen LogP contribution in [0.2, 0.25) is 0 Å². The van der Waals surface area contributed by atoms with Crippen LogP contribution in [0.3, 0.4) is 0 Å². The van der Waals surface area contributed by atoms with Crippen LogP contribution in [0, 0.1) is 0 Å². The maximum absolute atomic E-state index is 9.06. The zero-order valence-corrected chi connectivity index (χ0v) is 9.35. The molecule has 0 saturated carbocycles. The van der Waals surface area contributed by atoms with Crippen LogP contribution < -0.4 is 0 Å². The minimum Gasteiger partial charge on any atom is -0.390 e. The molecule has 1 aliphatic heterocycles. The topological polar surface area (TPSA) is 64.5 Å². The van der Waals surface area contributed by atoms with Crippen molar-refractivity contribution in [2.24, 2.45) is 0 Å². The smallest absolute Gasteiger partial charge is 0.160 e. The predicted octanol–water partition coefficient (Wildman–Crippen LogP) is 0.621. The standard InChI is InChI=1S/C11H16N2O3/c1-15-11(3-6-16-7-4-11)10-12-5-2-9(8-14)13-10/h2,5,14H,3-4,6-8H2,1H3. The summed E-state index contributed by atoms with van der Waals surface area (Å²) in [5.74, 6) is 0.643. The monoisotopic (exact) mass is 224 g/mol. The van der Waals surface area contributed by atoms with Crippen LogP contribution in [0.1, 0.15) is 24.4 Å². The molecule has 0 aromatic carbocycles. The van der Waals surface area contributed by atoms with Gasteiger partial charge in [0.15, 0.2) is 5.82 Å². The lowest BCUT2D eigenvalue weighted by Gasteiger charge is -2.34. The molecule has 2 rings (SSSR count). The minimum absolute atomic E-state index is 0.0776. The van der Waals surface area contributed by atoms with Crippen LogP contribution in [0.5, 0.6) is 0 Å². The normalized spacial score (nSPS) is 19.6. The average molecular weight is 224 g/mol. The lowest BCUT2D eigenvalue weighted by molar-refractivity contribution is -0.100. The van der Waals surface area contributed by atoms with Gasteiger partial charge in [0, 0.05) is 39.4 Å². The van der Waals surface area contributed by atoms with Gasteiger partial charge in [0.1, 0.15) is 5.60 Å². The third kappa shape index (κ3) is 2.07. The summed E-state index contributed by atoms with van der Waals surface area (Å²) in [5.41, 5.74) is 0.164. The highest BCUT2D eigenvalue weighted by Gasteiger charge is 2.37. The second kappa shape index (κ2) is 4.86. The summed E-state index contributed by atoms with van der Waals surface area (Å²) in [4.78, 5) is 8.57. The van der Waals surface area contributed by atoms with Crippen molar-refractivity contribution >= 4 is 0 Å². The molecular weight excluding hydrogens is 208 g/mol. The molecule has 1 fully saturated rings. The van der Waals surface area contributed by atoms with Crippen molar-refractivity contribution in [2.45, 2.75) is 25.0 Å². The Hall–Kier alpha value is -1.04. The van der Waals surface area contributed by atoms with Crippen LogP contribution >= 0.6 is 0 Å². The second-order valence-corrected chi connectivity index (χ2v) is 3.84. The highest BCUT2D eigenvalue weighted by atomic mass is 16.5. The van der Waals surface area contributed by atoms with E-state index >= 15 is 0 Å². The van der Waals surface area contributed by atoms with Crippen LogP contribution in [0.15, 0.2) is 12.3 Å². The van der Waals surface area contributed by atoms with Crippen LogP contribution in [0.25, 0.3) is 0 Å². The Morgan fingerprint density at radius 2 is 2.25 bits per heavy atom. The van der Waals surface area contributed by atoms with Gasteiger partial charge in [-0.25, -0.2) is 9.97 Å². The third-order valence-corrected chi connectivity index (χ3v) is 2.97. The van der Waals surface area contributed by atoms with E-state index in [1.54, 1.807) is 19.4 Å². The summed E-state index contributed by atoms with van der Waals surface area (Å²) >= 11 is 0. The van der Waals surface area contributed by atoms with Crippen molar-refractivity contribution in [3.05, 3.63) is 23.8 Å². The second-order valence-electron chi connectivity index (χ2n) is 3.84. The number of rotatable bonds is 3. The summed E-state index contributed by atoms with van der Waals surface area (Å²) in [6.07, 6.45) is 3.15. The quantitative estimate of drug-likeness (QED) is 0.815. The van der Waals surface area contributed by atoms with Gasteiger partial charge in [-0.1, -0.05) is 0 Å². The van der Waals surface area contributed by atoms with Crippen LogP contribution in [-0.4, -0.2) is 35.4 Å². The molecule has 88 valence electrons. The Labute approximate surface area is 94.4 Å². The lowest BCUT2D eigenvalue weighted by atomic mass is 9.93. The van der Waals surface area contributed by atoms with Gasteiger partial charge >= 0.3 is 0 Å². The molecule has 0 radical (unpaired) electrons. The van der Waals surface area contributed by atoms with Gasteiger partial charge in [-0.3, -0.25) is 0 Å². The van der Waals surface area contributed by atoms with E-state index in [4.69, 9.17) is 14.6 Å². The molecule has 5 nitrogen and oxygen atoms in total. The number of methoxy groups -OCH3 is 1. The summed E-state index contributed by atoms with van der Waals surface area (Å²) in [5, 5.41) is 9.06. The SMILES string of the molecule is COC1(c2nccc(CO)n2)CCOCC1. The molecule has 2 heterocycles. The maximum Gasteiger partial charge on any atom is 0.160 e. The van der Waals surface area contributed by atoms with Gasteiger partial charge in [-0.05, 0) is 6.07 Å². The van der Waals surface area contributed by atoms with E-state index in [9.17, 15) is 0 Å². The van der Waals surface area contributed by atoms with Gasteiger partial charge in [0.2, 0.25) is 0 Å². The molecule has 5 heteroatoms. The molecule has 0 atom stereocenters. The Balaban J connectivity index is 2.31. The molecule has 0 bridgehead atoms. The number of aliphatic hydroxyl groups excluding tert-OH is 1. The zero-order valence-electron chi connectivity index (χ0n) is 9.35. The molecule has 1 N–H and O–H groups in total. The first-order chi connectivity index (χ1) is 7.80. The van der Waals surface area contributed by atoms with Crippen LogP contribution in [0.4, 0.5) is 0 Å². The Morgan fingerprint density at radius 3 is 2.88 bits per heavy atom. The number of hydrogen-bond acceptors (Lipinski definition) is 5. The van der Waals surface area contributed by atoms with Crippen molar-refractivity contribution in [2.75, 3.05) is 20.3 Å². The average Bonchev–Trinajstić information content (AvgIpc) is 2.39. The van der Waals surface area contributed by atoms with Gasteiger partial charge in [0.05, 0.1) is 12.3 Å². The minimum atomic E-state index is -0.455. The molecule has 16 heavy (non-hydrogen) atoms. The fraction of sp³-hybridized carbons (Fsp3) is 0.636. The maximum atomic E-state index is 9.06. The van der Waals surface area contributed by atoms with Gasteiger partial charge in [-0.15, -0.1) is 0 Å². The van der Waals surface area contributed by atoms with Gasteiger partial charge < -0.3 is 14.6 Å². The van der Waals surface area contributed by atoms with E-state index in [0.29, 0.717) is 24.7 Å². The fourth-order valence-electron chi connectivity index (χ4n) is 1.92. The fourth-order valence-corrected chi connectivity index (χ4v) is 1.92. The number of hydrogen-bond donors (Lipinski definition) is 1. The molecule has 0 unspecified atom stereocenters. The molecule has 0 aliphatic carbocycles. The predicted molar refractivity (Wildman–Crippen MR) is 56.7 cm³/mol. The summed E-state index contributed by atoms with van der Waals surface area (Å²) in [7, 11) is 1.67. The molecular formula is C11H16N2O3.